The third-order valence-corrected chi connectivity index (χ3v) is 3.70. The summed E-state index contributed by atoms with van der Waals surface area (Å²) in [4.78, 5) is 2.35. The molecule has 0 amide bonds. The van der Waals surface area contributed by atoms with Gasteiger partial charge in [-0.25, -0.2) is 0 Å². The fraction of sp³-hybridized carbons (Fsp3) is 0.500. The normalized spacial score (nSPS) is 18.7. The molecule has 19 heavy (non-hydrogen) atoms. The van der Waals surface area contributed by atoms with E-state index in [1.807, 2.05) is 24.3 Å². The van der Waals surface area contributed by atoms with Gasteiger partial charge in [-0.1, -0.05) is 29.4 Å². The molecule has 0 radical (unpaired) electrons. The van der Waals surface area contributed by atoms with Crippen LogP contribution in [0.3, 0.4) is 0 Å². The highest BCUT2D eigenvalue weighted by atomic mass is 16.4. The number of hydrogen-bond donors (Lipinski definition) is 3. The van der Waals surface area contributed by atoms with Crippen molar-refractivity contribution < 1.29 is 5.21 Å². The zero-order chi connectivity index (χ0) is 13.7. The first-order valence-corrected chi connectivity index (χ1v) is 6.68. The van der Waals surface area contributed by atoms with E-state index in [0.717, 1.165) is 30.8 Å². The molecule has 1 aliphatic rings. The van der Waals surface area contributed by atoms with Crippen LogP contribution in [-0.4, -0.2) is 42.1 Å². The van der Waals surface area contributed by atoms with Crippen molar-refractivity contribution in [1.29, 1.82) is 0 Å². The molecule has 1 aliphatic heterocycles. The summed E-state index contributed by atoms with van der Waals surface area (Å²) < 4.78 is 0. The molecule has 0 aliphatic carbocycles. The van der Waals surface area contributed by atoms with Crippen LogP contribution in [-0.2, 0) is 6.54 Å². The number of nitrogens with one attached hydrogen (secondary N) is 1. The molecule has 1 aromatic rings. The Kier molecular flexibility index (Phi) is 4.76. The van der Waals surface area contributed by atoms with Gasteiger partial charge in [0.25, 0.3) is 0 Å². The van der Waals surface area contributed by atoms with E-state index >= 15 is 0 Å². The second kappa shape index (κ2) is 6.54. The van der Waals surface area contributed by atoms with E-state index in [-0.39, 0.29) is 5.84 Å². The number of nitrogens with two attached hydrogens (primary N) is 1. The monoisotopic (exact) mass is 262 g/mol. The Labute approximate surface area is 114 Å². The Morgan fingerprint density at radius 3 is 2.79 bits per heavy atom. The summed E-state index contributed by atoms with van der Waals surface area (Å²) in [6.45, 7) is 3.03. The zero-order valence-electron chi connectivity index (χ0n) is 11.3. The minimum Gasteiger partial charge on any atom is -0.409 e. The van der Waals surface area contributed by atoms with Crippen LogP contribution in [0.15, 0.2) is 29.4 Å². The number of likely N-dealkylation sites (tertiary alicyclic amines) is 1. The molecule has 1 saturated heterocycles. The van der Waals surface area contributed by atoms with Gasteiger partial charge in [-0.05, 0) is 38.5 Å². The molecular formula is C14H22N4O. The quantitative estimate of drug-likeness (QED) is 0.327. The van der Waals surface area contributed by atoms with Crippen molar-refractivity contribution in [2.75, 3.05) is 20.1 Å². The van der Waals surface area contributed by atoms with E-state index in [4.69, 9.17) is 10.9 Å². The zero-order valence-corrected chi connectivity index (χ0v) is 11.3. The molecule has 0 spiro atoms. The molecule has 2 rings (SSSR count). The third-order valence-electron chi connectivity index (χ3n) is 3.70. The van der Waals surface area contributed by atoms with E-state index in [0.29, 0.717) is 6.04 Å². The molecule has 0 unspecified atom stereocenters. The van der Waals surface area contributed by atoms with E-state index in [9.17, 15) is 0 Å². The van der Waals surface area contributed by atoms with Gasteiger partial charge in [0.15, 0.2) is 5.84 Å². The SMILES string of the molecule is CN1CCC(NCc2ccccc2C(N)=NO)CC1. The van der Waals surface area contributed by atoms with Gasteiger partial charge in [0.2, 0.25) is 0 Å². The fourth-order valence-electron chi connectivity index (χ4n) is 2.45. The van der Waals surface area contributed by atoms with Crippen LogP contribution in [0.2, 0.25) is 0 Å². The van der Waals surface area contributed by atoms with Gasteiger partial charge < -0.3 is 21.2 Å². The molecule has 4 N–H and O–H groups in total. The smallest absolute Gasteiger partial charge is 0.170 e. The Balaban J connectivity index is 1.96. The number of nitrogens with zero attached hydrogens (tertiary/aromatic N) is 2. The van der Waals surface area contributed by atoms with Crippen molar-refractivity contribution >= 4 is 5.84 Å². The van der Waals surface area contributed by atoms with Crippen LogP contribution in [0.1, 0.15) is 24.0 Å². The lowest BCUT2D eigenvalue weighted by molar-refractivity contribution is 0.234. The van der Waals surface area contributed by atoms with Crippen LogP contribution in [0.4, 0.5) is 0 Å². The van der Waals surface area contributed by atoms with Crippen LogP contribution in [0.25, 0.3) is 0 Å². The average molecular weight is 262 g/mol. The lowest BCUT2D eigenvalue weighted by Crippen LogP contribution is -2.40. The molecule has 5 nitrogen and oxygen atoms in total. The van der Waals surface area contributed by atoms with Gasteiger partial charge in [-0.2, -0.15) is 0 Å². The first kappa shape index (κ1) is 13.8. The van der Waals surface area contributed by atoms with Crippen molar-refractivity contribution in [2.24, 2.45) is 10.9 Å². The predicted octanol–water partition coefficient (Wildman–Crippen LogP) is 0.965. The van der Waals surface area contributed by atoms with Crippen LogP contribution in [0.5, 0.6) is 0 Å². The second-order valence-electron chi connectivity index (χ2n) is 5.10. The Morgan fingerprint density at radius 2 is 2.11 bits per heavy atom. The summed E-state index contributed by atoms with van der Waals surface area (Å²) in [6, 6.07) is 8.30. The summed E-state index contributed by atoms with van der Waals surface area (Å²) in [5.41, 5.74) is 7.55. The number of hydrogen-bond acceptors (Lipinski definition) is 4. The topological polar surface area (TPSA) is 73.9 Å². The molecule has 0 bridgehead atoms. The standard InChI is InChI=1S/C14H22N4O/c1-18-8-6-12(7-9-18)16-10-11-4-2-3-5-13(11)14(15)17-19/h2-5,12,16,19H,6-10H2,1H3,(H2,15,17). The third kappa shape index (κ3) is 3.68. The van der Waals surface area contributed by atoms with Crippen molar-refractivity contribution in [2.45, 2.75) is 25.4 Å². The molecule has 104 valence electrons. The number of piperidine rings is 1. The van der Waals surface area contributed by atoms with Crippen LogP contribution in [0, 0.1) is 0 Å². The van der Waals surface area contributed by atoms with Crippen LogP contribution >= 0.6 is 0 Å². The molecule has 0 aromatic heterocycles. The minimum atomic E-state index is 0.167. The maximum atomic E-state index is 8.80. The fourth-order valence-corrected chi connectivity index (χ4v) is 2.45. The summed E-state index contributed by atoms with van der Waals surface area (Å²) >= 11 is 0. The Bertz CT molecular complexity index is 439. The highest BCUT2D eigenvalue weighted by Gasteiger charge is 2.16. The Morgan fingerprint density at radius 1 is 1.42 bits per heavy atom. The lowest BCUT2D eigenvalue weighted by Gasteiger charge is -2.29. The van der Waals surface area contributed by atoms with Gasteiger partial charge in [0, 0.05) is 18.2 Å². The molecule has 1 heterocycles. The first-order chi connectivity index (χ1) is 9.20. The molecule has 5 heteroatoms. The van der Waals surface area contributed by atoms with Gasteiger partial charge in [-0.3, -0.25) is 0 Å². The average Bonchev–Trinajstić information content (AvgIpc) is 2.46. The lowest BCUT2D eigenvalue weighted by atomic mass is 10.0. The largest absolute Gasteiger partial charge is 0.409 e. The van der Waals surface area contributed by atoms with Crippen molar-refractivity contribution in [3.63, 3.8) is 0 Å². The molecule has 0 atom stereocenters. The maximum Gasteiger partial charge on any atom is 0.170 e. The number of oxime groups is 1. The number of benzene rings is 1. The number of amidine groups is 1. The van der Waals surface area contributed by atoms with E-state index in [2.05, 4.69) is 22.4 Å². The maximum absolute atomic E-state index is 8.80. The molecular weight excluding hydrogens is 240 g/mol. The predicted molar refractivity (Wildman–Crippen MR) is 76.3 cm³/mol. The first-order valence-electron chi connectivity index (χ1n) is 6.68. The van der Waals surface area contributed by atoms with E-state index in [1.165, 1.54) is 12.8 Å². The highest BCUT2D eigenvalue weighted by molar-refractivity contribution is 5.98. The van der Waals surface area contributed by atoms with Crippen molar-refractivity contribution in [1.82, 2.24) is 10.2 Å². The Hall–Kier alpha value is -1.59. The van der Waals surface area contributed by atoms with Crippen molar-refractivity contribution in [3.05, 3.63) is 35.4 Å². The van der Waals surface area contributed by atoms with E-state index < -0.39 is 0 Å². The summed E-state index contributed by atoms with van der Waals surface area (Å²) in [6.07, 6.45) is 2.34. The van der Waals surface area contributed by atoms with Gasteiger partial charge in [0.1, 0.15) is 0 Å². The number of rotatable bonds is 4. The molecule has 1 aromatic carbocycles. The summed E-state index contributed by atoms with van der Waals surface area (Å²) in [5, 5.41) is 15.4. The van der Waals surface area contributed by atoms with Crippen LogP contribution < -0.4 is 11.1 Å². The van der Waals surface area contributed by atoms with E-state index in [1.54, 1.807) is 0 Å². The van der Waals surface area contributed by atoms with Gasteiger partial charge >= 0.3 is 0 Å². The highest BCUT2D eigenvalue weighted by Crippen LogP contribution is 2.12. The van der Waals surface area contributed by atoms with Gasteiger partial charge in [-0.15, -0.1) is 0 Å². The molecule has 1 fully saturated rings. The summed E-state index contributed by atoms with van der Waals surface area (Å²) in [7, 11) is 2.16. The minimum absolute atomic E-state index is 0.167. The van der Waals surface area contributed by atoms with Gasteiger partial charge in [0.05, 0.1) is 0 Å². The second-order valence-corrected chi connectivity index (χ2v) is 5.10. The van der Waals surface area contributed by atoms with Crippen molar-refractivity contribution in [3.8, 4) is 0 Å². The summed E-state index contributed by atoms with van der Waals surface area (Å²) in [5.74, 6) is 0.167. The molecule has 0 saturated carbocycles.